The lowest BCUT2D eigenvalue weighted by atomic mass is 10.1. The van der Waals surface area contributed by atoms with Crippen molar-refractivity contribution in [2.75, 3.05) is 0 Å². The second-order valence-electron chi connectivity index (χ2n) is 17.2. The third-order valence-corrected chi connectivity index (χ3v) is 16.0. The number of hydrogen-bond donors (Lipinski definition) is 0. The molecule has 15 rings (SSSR count). The first-order valence-electron chi connectivity index (χ1n) is 22.3. The van der Waals surface area contributed by atoms with E-state index in [0.29, 0.717) is 0 Å². The molecule has 0 aliphatic rings. The Balaban J connectivity index is 0.890. The molecule has 4 nitrogen and oxygen atoms in total. The molecule has 0 saturated carbocycles. The Morgan fingerprint density at radius 2 is 0.591 bits per heavy atom. The first-order valence-corrected chi connectivity index (χ1v) is 24.0. The molecule has 308 valence electrons. The van der Waals surface area contributed by atoms with Gasteiger partial charge in [0.15, 0.2) is 0 Å². The molecule has 5 aromatic heterocycles. The van der Waals surface area contributed by atoms with Gasteiger partial charge in [0.2, 0.25) is 0 Å². The van der Waals surface area contributed by atoms with Crippen LogP contribution < -0.4 is 4.74 Å². The summed E-state index contributed by atoms with van der Waals surface area (Å²) in [7, 11) is 0. The number of para-hydroxylation sites is 4. The fourth-order valence-corrected chi connectivity index (χ4v) is 13.1. The number of aromatic nitrogens is 3. The first kappa shape index (κ1) is 36.2. The monoisotopic (exact) mass is 877 g/mol. The molecule has 6 heteroatoms. The normalized spacial score (nSPS) is 12.2. The highest BCUT2D eigenvalue weighted by molar-refractivity contribution is 7.26. The predicted molar refractivity (Wildman–Crippen MR) is 282 cm³/mol. The zero-order valence-corrected chi connectivity index (χ0v) is 36.9. The van der Waals surface area contributed by atoms with E-state index in [9.17, 15) is 0 Å². The van der Waals surface area contributed by atoms with Crippen molar-refractivity contribution in [3.05, 3.63) is 212 Å². The second-order valence-corrected chi connectivity index (χ2v) is 19.4. The first-order chi connectivity index (χ1) is 32.7. The van der Waals surface area contributed by atoms with Gasteiger partial charge in [0.1, 0.15) is 11.5 Å². The molecule has 0 atom stereocenters. The Bertz CT molecular complexity index is 4470. The van der Waals surface area contributed by atoms with Crippen LogP contribution in [0.2, 0.25) is 0 Å². The van der Waals surface area contributed by atoms with Crippen LogP contribution in [0.5, 0.6) is 11.5 Å². The number of benzene rings is 10. The number of thiophene rings is 2. The van der Waals surface area contributed by atoms with Crippen LogP contribution >= 0.6 is 22.7 Å². The van der Waals surface area contributed by atoms with Crippen molar-refractivity contribution in [1.82, 2.24) is 13.7 Å². The van der Waals surface area contributed by atoms with E-state index in [1.165, 1.54) is 67.8 Å². The minimum absolute atomic E-state index is 0.829. The van der Waals surface area contributed by atoms with Gasteiger partial charge in [-0.05, 0) is 109 Å². The van der Waals surface area contributed by atoms with Crippen molar-refractivity contribution in [3.63, 3.8) is 0 Å². The molecule has 0 unspecified atom stereocenters. The minimum atomic E-state index is 0.829. The van der Waals surface area contributed by atoms with Gasteiger partial charge in [0, 0.05) is 79.0 Å². The smallest absolute Gasteiger partial charge is 0.137 e. The van der Waals surface area contributed by atoms with Gasteiger partial charge in [-0.1, -0.05) is 103 Å². The van der Waals surface area contributed by atoms with Crippen molar-refractivity contribution in [3.8, 4) is 28.6 Å². The summed E-state index contributed by atoms with van der Waals surface area (Å²) >= 11 is 3.71. The van der Waals surface area contributed by atoms with Crippen LogP contribution in [0, 0.1) is 0 Å². The number of rotatable bonds is 5. The van der Waals surface area contributed by atoms with Crippen LogP contribution in [0.15, 0.2) is 212 Å². The third kappa shape index (κ3) is 5.08. The second kappa shape index (κ2) is 13.7. The fraction of sp³-hybridized carbons (Fsp3) is 0. The molecule has 5 heterocycles. The topological polar surface area (TPSA) is 24.0 Å². The van der Waals surface area contributed by atoms with Crippen molar-refractivity contribution in [2.45, 2.75) is 0 Å². The quantitative estimate of drug-likeness (QED) is 0.169. The van der Waals surface area contributed by atoms with Crippen LogP contribution in [0.1, 0.15) is 0 Å². The maximum Gasteiger partial charge on any atom is 0.137 e. The van der Waals surface area contributed by atoms with Crippen LogP contribution in [0.3, 0.4) is 0 Å². The Morgan fingerprint density at radius 1 is 0.258 bits per heavy atom. The Kier molecular flexibility index (Phi) is 7.50. The van der Waals surface area contributed by atoms with E-state index in [0.717, 1.165) is 66.5 Å². The summed E-state index contributed by atoms with van der Waals surface area (Å²) in [6, 6.07) is 77.4. The number of hydrogen-bond acceptors (Lipinski definition) is 3. The zero-order valence-electron chi connectivity index (χ0n) is 35.3. The lowest BCUT2D eigenvalue weighted by Gasteiger charge is -2.12. The molecular weight excluding hydrogens is 843 g/mol. The standard InChI is InChI=1S/C60H35N3OS2/c1-6-18-47-39(13-1)40-14-2-7-19-48(40)61(47)36-27-31-57-45(34-36)46-35-38(29-32-58(46)66-57)63-50-21-9-4-17-43(50)60-52(63)23-12-25-54(60)64-53-24-11-22-51-59(53)42-16-3-8-20-49(42)62(51)37-28-30-56-44(33-37)41-15-5-10-26-55(41)65-56/h1-35H. The van der Waals surface area contributed by atoms with Gasteiger partial charge in [0.05, 0.1) is 43.9 Å². The lowest BCUT2D eigenvalue weighted by molar-refractivity contribution is 0.495. The summed E-state index contributed by atoms with van der Waals surface area (Å²) in [5.41, 5.74) is 10.4. The summed E-state index contributed by atoms with van der Waals surface area (Å²) in [5.74, 6) is 1.66. The largest absolute Gasteiger partial charge is 0.456 e. The van der Waals surface area contributed by atoms with Crippen molar-refractivity contribution in [2.24, 2.45) is 0 Å². The highest BCUT2D eigenvalue weighted by Gasteiger charge is 2.21. The van der Waals surface area contributed by atoms with Gasteiger partial charge in [-0.3, -0.25) is 0 Å². The van der Waals surface area contributed by atoms with Crippen LogP contribution in [-0.2, 0) is 0 Å². The van der Waals surface area contributed by atoms with Gasteiger partial charge >= 0.3 is 0 Å². The molecule has 0 saturated heterocycles. The van der Waals surface area contributed by atoms with Gasteiger partial charge in [0.25, 0.3) is 0 Å². The van der Waals surface area contributed by atoms with Crippen LogP contribution in [0.25, 0.3) is 123 Å². The zero-order chi connectivity index (χ0) is 43.0. The Labute approximate surface area is 385 Å². The molecule has 0 N–H and O–H groups in total. The summed E-state index contributed by atoms with van der Waals surface area (Å²) < 4.78 is 19.6. The maximum atomic E-state index is 7.23. The van der Waals surface area contributed by atoms with Crippen LogP contribution in [0.4, 0.5) is 0 Å². The average Bonchev–Trinajstić information content (AvgIpc) is 4.17. The molecule has 66 heavy (non-hydrogen) atoms. The molecule has 10 aromatic carbocycles. The highest BCUT2D eigenvalue weighted by Crippen LogP contribution is 2.46. The molecule has 0 aliphatic carbocycles. The lowest BCUT2D eigenvalue weighted by Crippen LogP contribution is -1.94. The van der Waals surface area contributed by atoms with Gasteiger partial charge in [-0.2, -0.15) is 0 Å². The summed E-state index contributed by atoms with van der Waals surface area (Å²) in [6.07, 6.45) is 0. The molecule has 0 amide bonds. The maximum absolute atomic E-state index is 7.23. The van der Waals surface area contributed by atoms with Crippen LogP contribution in [-0.4, -0.2) is 13.7 Å². The molecule has 15 aromatic rings. The molecule has 0 bridgehead atoms. The third-order valence-electron chi connectivity index (χ3n) is 13.7. The Morgan fingerprint density at radius 3 is 1.06 bits per heavy atom. The van der Waals surface area contributed by atoms with E-state index < -0.39 is 0 Å². The number of fused-ring (bicyclic) bond motifs is 15. The van der Waals surface area contributed by atoms with Crippen molar-refractivity contribution < 1.29 is 4.74 Å². The highest BCUT2D eigenvalue weighted by atomic mass is 32.1. The molecule has 0 radical (unpaired) electrons. The van der Waals surface area contributed by atoms with E-state index >= 15 is 0 Å². The van der Waals surface area contributed by atoms with E-state index in [4.69, 9.17) is 4.74 Å². The minimum Gasteiger partial charge on any atom is -0.456 e. The van der Waals surface area contributed by atoms with Gasteiger partial charge in [-0.25, -0.2) is 0 Å². The van der Waals surface area contributed by atoms with E-state index in [-0.39, 0.29) is 0 Å². The number of nitrogens with zero attached hydrogens (tertiary/aromatic N) is 3. The summed E-state index contributed by atoms with van der Waals surface area (Å²) in [5, 5.41) is 12.1. The summed E-state index contributed by atoms with van der Waals surface area (Å²) in [4.78, 5) is 0. The molecule has 0 fully saturated rings. The number of ether oxygens (including phenoxy) is 1. The van der Waals surface area contributed by atoms with Crippen molar-refractivity contribution in [1.29, 1.82) is 0 Å². The predicted octanol–water partition coefficient (Wildman–Crippen LogP) is 17.5. The average molecular weight is 878 g/mol. The molecule has 0 spiro atoms. The SMILES string of the molecule is c1ccc2c(c1)sc1ccc(-n3c4ccccc4c4c(Oc5cccc6c5c5ccccc5n6-c5ccc6sc7ccc(-n8c9ccccc9c9ccccc98)cc7c6c5)cccc43)cc12. The molecule has 0 aliphatic heterocycles. The molecular formula is C60H35N3OS2. The van der Waals surface area contributed by atoms with Crippen molar-refractivity contribution >= 4 is 128 Å². The fourth-order valence-electron chi connectivity index (χ4n) is 10.9. The Hall–Kier alpha value is -8.16. The van der Waals surface area contributed by atoms with Gasteiger partial charge in [-0.15, -0.1) is 22.7 Å². The van der Waals surface area contributed by atoms with E-state index in [2.05, 4.69) is 226 Å². The summed E-state index contributed by atoms with van der Waals surface area (Å²) in [6.45, 7) is 0. The van der Waals surface area contributed by atoms with E-state index in [1.807, 2.05) is 22.7 Å². The van der Waals surface area contributed by atoms with Gasteiger partial charge < -0.3 is 18.4 Å². The van der Waals surface area contributed by atoms with E-state index in [1.54, 1.807) is 0 Å².